The van der Waals surface area contributed by atoms with Gasteiger partial charge in [0.2, 0.25) is 0 Å². The first-order valence-corrected chi connectivity index (χ1v) is 13.8. The number of nitriles is 2. The Morgan fingerprint density at radius 3 is 1.43 bits per heavy atom. The fourth-order valence-electron chi connectivity index (χ4n) is 6.39. The number of benzene rings is 6. The molecule has 8 rings (SSSR count). The van der Waals surface area contributed by atoms with Crippen molar-refractivity contribution in [2.24, 2.45) is 0 Å². The summed E-state index contributed by atoms with van der Waals surface area (Å²) in [5, 5.41) is 24.9. The lowest BCUT2D eigenvalue weighted by atomic mass is 9.96. The highest BCUT2D eigenvalue weighted by atomic mass is 15.0. The van der Waals surface area contributed by atoms with Crippen molar-refractivity contribution in [2.45, 2.75) is 0 Å². The second kappa shape index (κ2) is 9.24. The molecule has 0 saturated carbocycles. The Balaban J connectivity index is 1.46. The predicted octanol–water partition coefficient (Wildman–Crippen LogP) is 9.29. The van der Waals surface area contributed by atoms with Gasteiger partial charge in [-0.05, 0) is 60.7 Å². The summed E-state index contributed by atoms with van der Waals surface area (Å²) in [6, 6.07) is 50.0. The lowest BCUT2D eigenvalue weighted by Gasteiger charge is -2.17. The standard InChI is InChI=1S/C38H22N4/c39-23-25-17-20-38(42-36-15-7-3-11-30(36)31-12-4-8-16-37(31)42)33(21-25)32-22-27(19-18-26(32)24-40)41-34-13-5-1-9-28(34)29-10-2-6-14-35(29)41/h1-22H. The van der Waals surface area contributed by atoms with E-state index in [9.17, 15) is 10.5 Å². The van der Waals surface area contributed by atoms with Crippen molar-refractivity contribution in [1.29, 1.82) is 10.5 Å². The molecular weight excluding hydrogens is 512 g/mol. The zero-order valence-corrected chi connectivity index (χ0v) is 22.5. The fraction of sp³-hybridized carbons (Fsp3) is 0. The quantitative estimate of drug-likeness (QED) is 0.227. The SMILES string of the molecule is N#Cc1ccc(-n2c3ccccc3c3ccccc32)c(-c2cc(-n3c4ccccc4c4ccccc43)ccc2C#N)c1. The van der Waals surface area contributed by atoms with Crippen molar-refractivity contribution in [1.82, 2.24) is 9.13 Å². The molecule has 0 aliphatic rings. The van der Waals surface area contributed by atoms with E-state index in [0.717, 1.165) is 55.3 Å². The first-order chi connectivity index (χ1) is 20.8. The van der Waals surface area contributed by atoms with Crippen LogP contribution in [0, 0.1) is 22.7 Å². The molecular formula is C38H22N4. The van der Waals surface area contributed by atoms with Gasteiger partial charge in [0.25, 0.3) is 0 Å². The van der Waals surface area contributed by atoms with Crippen LogP contribution >= 0.6 is 0 Å². The van der Waals surface area contributed by atoms with Gasteiger partial charge in [0.15, 0.2) is 0 Å². The van der Waals surface area contributed by atoms with E-state index in [1.54, 1.807) is 0 Å². The number of hydrogen-bond acceptors (Lipinski definition) is 2. The van der Waals surface area contributed by atoms with Gasteiger partial charge in [0.1, 0.15) is 0 Å². The fourth-order valence-corrected chi connectivity index (χ4v) is 6.39. The van der Waals surface area contributed by atoms with Gasteiger partial charge in [0, 0.05) is 38.4 Å². The molecule has 0 radical (unpaired) electrons. The number of nitrogens with zero attached hydrogens (tertiary/aromatic N) is 4. The van der Waals surface area contributed by atoms with Gasteiger partial charge in [-0.3, -0.25) is 0 Å². The molecule has 0 aliphatic carbocycles. The third-order valence-electron chi connectivity index (χ3n) is 8.20. The molecule has 0 fully saturated rings. The van der Waals surface area contributed by atoms with E-state index >= 15 is 0 Å². The van der Waals surface area contributed by atoms with Crippen LogP contribution in [0.3, 0.4) is 0 Å². The Morgan fingerprint density at radius 2 is 0.929 bits per heavy atom. The average Bonchev–Trinajstić information content (AvgIpc) is 3.57. The van der Waals surface area contributed by atoms with Gasteiger partial charge in [0.05, 0.1) is 51.0 Å². The summed E-state index contributed by atoms with van der Waals surface area (Å²) in [5.41, 5.74) is 8.93. The summed E-state index contributed by atoms with van der Waals surface area (Å²) in [5.74, 6) is 0. The first-order valence-electron chi connectivity index (χ1n) is 13.8. The Hall–Kier alpha value is -6.10. The molecule has 42 heavy (non-hydrogen) atoms. The Bertz CT molecular complexity index is 2340. The van der Waals surface area contributed by atoms with E-state index < -0.39 is 0 Å². The van der Waals surface area contributed by atoms with Gasteiger partial charge in [-0.1, -0.05) is 72.8 Å². The summed E-state index contributed by atoms with van der Waals surface area (Å²) in [4.78, 5) is 0. The molecule has 0 amide bonds. The van der Waals surface area contributed by atoms with E-state index in [4.69, 9.17) is 0 Å². The van der Waals surface area contributed by atoms with Crippen molar-refractivity contribution in [3.05, 3.63) is 145 Å². The normalized spacial score (nSPS) is 11.3. The molecule has 0 unspecified atom stereocenters. The first kappa shape index (κ1) is 23.8. The minimum atomic E-state index is 0.542. The molecule has 2 heterocycles. The summed E-state index contributed by atoms with van der Waals surface area (Å²) in [6.45, 7) is 0. The smallest absolute Gasteiger partial charge is 0.0998 e. The Labute approximate surface area is 242 Å². The minimum absolute atomic E-state index is 0.542. The monoisotopic (exact) mass is 534 g/mol. The largest absolute Gasteiger partial charge is 0.309 e. The van der Waals surface area contributed by atoms with Crippen LogP contribution in [0.5, 0.6) is 0 Å². The van der Waals surface area contributed by atoms with Crippen LogP contribution < -0.4 is 0 Å². The van der Waals surface area contributed by atoms with Crippen molar-refractivity contribution >= 4 is 43.6 Å². The molecule has 0 saturated heterocycles. The van der Waals surface area contributed by atoms with Crippen LogP contribution in [0.25, 0.3) is 66.1 Å². The molecule has 0 N–H and O–H groups in total. The lowest BCUT2D eigenvalue weighted by molar-refractivity contribution is 1.17. The summed E-state index contributed by atoms with van der Waals surface area (Å²) >= 11 is 0. The molecule has 194 valence electrons. The highest BCUT2D eigenvalue weighted by Crippen LogP contribution is 2.39. The van der Waals surface area contributed by atoms with Gasteiger partial charge in [-0.25, -0.2) is 0 Å². The van der Waals surface area contributed by atoms with Crippen LogP contribution in [0.4, 0.5) is 0 Å². The molecule has 4 heteroatoms. The highest BCUT2D eigenvalue weighted by molar-refractivity contribution is 6.10. The summed E-state index contributed by atoms with van der Waals surface area (Å²) < 4.78 is 4.50. The van der Waals surface area contributed by atoms with Gasteiger partial charge < -0.3 is 9.13 Å². The molecule has 8 aromatic rings. The van der Waals surface area contributed by atoms with E-state index in [0.29, 0.717) is 11.1 Å². The van der Waals surface area contributed by atoms with Crippen molar-refractivity contribution in [3.63, 3.8) is 0 Å². The van der Waals surface area contributed by atoms with Crippen molar-refractivity contribution in [2.75, 3.05) is 0 Å². The Kier molecular flexibility index (Phi) is 5.22. The number of aromatic nitrogens is 2. The number of rotatable bonds is 3. The van der Waals surface area contributed by atoms with Crippen LogP contribution in [0.2, 0.25) is 0 Å². The van der Waals surface area contributed by atoms with E-state index in [2.05, 4.69) is 112 Å². The van der Waals surface area contributed by atoms with Crippen molar-refractivity contribution < 1.29 is 0 Å². The Morgan fingerprint density at radius 1 is 0.429 bits per heavy atom. The van der Waals surface area contributed by atoms with Gasteiger partial charge >= 0.3 is 0 Å². The maximum Gasteiger partial charge on any atom is 0.0998 e. The predicted molar refractivity (Wildman–Crippen MR) is 170 cm³/mol. The van der Waals surface area contributed by atoms with Gasteiger partial charge in [-0.15, -0.1) is 0 Å². The number of fused-ring (bicyclic) bond motifs is 6. The van der Waals surface area contributed by atoms with Gasteiger partial charge in [-0.2, -0.15) is 10.5 Å². The van der Waals surface area contributed by atoms with Crippen LogP contribution in [0.1, 0.15) is 11.1 Å². The van der Waals surface area contributed by atoms with E-state index in [1.165, 1.54) is 10.8 Å². The van der Waals surface area contributed by atoms with Crippen LogP contribution in [0.15, 0.2) is 133 Å². The minimum Gasteiger partial charge on any atom is -0.309 e. The van der Waals surface area contributed by atoms with E-state index in [1.807, 2.05) is 42.5 Å². The lowest BCUT2D eigenvalue weighted by Crippen LogP contribution is -2.01. The topological polar surface area (TPSA) is 57.4 Å². The van der Waals surface area contributed by atoms with Crippen LogP contribution in [-0.4, -0.2) is 9.13 Å². The molecule has 4 nitrogen and oxygen atoms in total. The summed E-state index contributed by atoms with van der Waals surface area (Å²) in [7, 11) is 0. The number of para-hydroxylation sites is 4. The maximum atomic E-state index is 10.3. The summed E-state index contributed by atoms with van der Waals surface area (Å²) in [6.07, 6.45) is 0. The molecule has 0 atom stereocenters. The third-order valence-corrected chi connectivity index (χ3v) is 8.20. The number of hydrogen-bond donors (Lipinski definition) is 0. The second-order valence-electron chi connectivity index (χ2n) is 10.4. The maximum absolute atomic E-state index is 10.3. The second-order valence-corrected chi connectivity index (χ2v) is 10.4. The third kappa shape index (κ3) is 3.40. The molecule has 6 aromatic carbocycles. The average molecular weight is 535 g/mol. The van der Waals surface area contributed by atoms with E-state index in [-0.39, 0.29) is 0 Å². The highest BCUT2D eigenvalue weighted by Gasteiger charge is 2.19. The molecule has 0 bridgehead atoms. The van der Waals surface area contributed by atoms with Crippen molar-refractivity contribution in [3.8, 4) is 34.6 Å². The molecule has 0 aliphatic heterocycles. The zero-order valence-electron chi connectivity index (χ0n) is 22.5. The van der Waals surface area contributed by atoms with Crippen LogP contribution in [-0.2, 0) is 0 Å². The zero-order chi connectivity index (χ0) is 28.2. The molecule has 0 spiro atoms. The molecule has 2 aromatic heterocycles.